The molecule has 0 aliphatic rings. The van der Waals surface area contributed by atoms with Crippen molar-refractivity contribution in [3.8, 4) is 5.75 Å². The second kappa shape index (κ2) is 5.20. The van der Waals surface area contributed by atoms with E-state index >= 15 is 0 Å². The summed E-state index contributed by atoms with van der Waals surface area (Å²) in [6.07, 6.45) is 5.13. The molecule has 1 N–H and O–H groups in total. The molecule has 17 heavy (non-hydrogen) atoms. The molecule has 0 aliphatic heterocycles. The summed E-state index contributed by atoms with van der Waals surface area (Å²) in [5.74, 6) is 0.138. The topological polar surface area (TPSA) is 50.8 Å². The molecule has 0 aliphatic carbocycles. The van der Waals surface area contributed by atoms with Gasteiger partial charge in [0, 0.05) is 0 Å². The van der Waals surface area contributed by atoms with Crippen LogP contribution in [0.3, 0.4) is 0 Å². The number of hydrogen-bond donors (Lipinski definition) is 1. The van der Waals surface area contributed by atoms with Gasteiger partial charge in [-0.05, 0) is 23.8 Å². The minimum atomic E-state index is -2.80. The Kier molecular flexibility index (Phi) is 3.44. The largest absolute Gasteiger partial charge is 0.435 e. The van der Waals surface area contributed by atoms with Gasteiger partial charge in [0.15, 0.2) is 0 Å². The number of alkyl halides is 2. The molecule has 6 heteroatoms. The van der Waals surface area contributed by atoms with Gasteiger partial charge in [-0.2, -0.15) is 24.2 Å². The van der Waals surface area contributed by atoms with Crippen LogP contribution in [0.15, 0.2) is 30.5 Å². The molecule has 2 rings (SSSR count). The number of nitrogens with zero attached hydrogens (tertiary/aromatic N) is 2. The molecule has 1 aromatic heterocycles. The van der Waals surface area contributed by atoms with Crippen molar-refractivity contribution in [3.05, 3.63) is 41.7 Å². The average molecular weight is 237 g/mol. The quantitative estimate of drug-likeness (QED) is 0.889. The molecule has 1 aromatic carbocycles. The summed E-state index contributed by atoms with van der Waals surface area (Å²) < 4.78 is 28.0. The Morgan fingerprint density at radius 3 is 2.53 bits per heavy atom. The number of nitrogens with one attached hydrogen (secondary N) is 1. The molecule has 2 aromatic rings. The van der Waals surface area contributed by atoms with E-state index in [2.05, 4.69) is 20.1 Å². The number of ether oxygens (including phenoxy) is 1. The van der Waals surface area contributed by atoms with Crippen molar-refractivity contribution < 1.29 is 13.5 Å². The maximum atomic E-state index is 11.9. The van der Waals surface area contributed by atoms with Gasteiger partial charge in [-0.3, -0.25) is 0 Å². The first-order valence-electron chi connectivity index (χ1n) is 4.83. The fourth-order valence-electron chi connectivity index (χ4n) is 1.23. The van der Waals surface area contributed by atoms with Crippen molar-refractivity contribution in [2.45, 2.75) is 6.61 Å². The van der Waals surface area contributed by atoms with Gasteiger partial charge >= 0.3 is 6.61 Å². The van der Waals surface area contributed by atoms with Crippen molar-refractivity contribution in [2.24, 2.45) is 0 Å². The highest BCUT2D eigenvalue weighted by Gasteiger charge is 2.02. The third kappa shape index (κ3) is 3.37. The van der Waals surface area contributed by atoms with Crippen LogP contribution in [0.1, 0.15) is 11.3 Å². The number of hydrogen-bond acceptors (Lipinski definition) is 3. The maximum absolute atomic E-state index is 11.9. The molecular weight excluding hydrogens is 228 g/mol. The second-order valence-electron chi connectivity index (χ2n) is 3.18. The molecule has 1 heterocycles. The maximum Gasteiger partial charge on any atom is 0.387 e. The highest BCUT2D eigenvalue weighted by atomic mass is 19.3. The Balaban J connectivity index is 2.03. The van der Waals surface area contributed by atoms with Crippen molar-refractivity contribution in [1.29, 1.82) is 0 Å². The summed E-state index contributed by atoms with van der Waals surface area (Å²) >= 11 is 0. The second-order valence-corrected chi connectivity index (χ2v) is 3.18. The number of rotatable bonds is 4. The van der Waals surface area contributed by atoms with Gasteiger partial charge in [0.05, 0.1) is 6.20 Å². The summed E-state index contributed by atoms with van der Waals surface area (Å²) in [5, 5.41) is 9.97. The van der Waals surface area contributed by atoms with Crippen molar-refractivity contribution >= 4 is 12.2 Å². The minimum Gasteiger partial charge on any atom is -0.435 e. The number of benzene rings is 1. The van der Waals surface area contributed by atoms with Gasteiger partial charge in [0.2, 0.25) is 0 Å². The number of aromatic amines is 1. The fourth-order valence-corrected chi connectivity index (χ4v) is 1.23. The fraction of sp³-hybridized carbons (Fsp3) is 0.0909. The lowest BCUT2D eigenvalue weighted by Crippen LogP contribution is -2.01. The summed E-state index contributed by atoms with van der Waals surface area (Å²) in [6.45, 7) is -2.80. The summed E-state index contributed by atoms with van der Waals surface area (Å²) in [5.41, 5.74) is 1.55. The van der Waals surface area contributed by atoms with E-state index in [4.69, 9.17) is 0 Å². The molecule has 0 atom stereocenters. The van der Waals surface area contributed by atoms with E-state index in [1.165, 1.54) is 12.1 Å². The van der Waals surface area contributed by atoms with Crippen LogP contribution in [0.25, 0.3) is 12.2 Å². The summed E-state index contributed by atoms with van der Waals surface area (Å²) in [4.78, 5) is 0. The van der Waals surface area contributed by atoms with Crippen molar-refractivity contribution in [3.63, 3.8) is 0 Å². The molecule has 0 saturated carbocycles. The lowest BCUT2D eigenvalue weighted by molar-refractivity contribution is -0.0498. The zero-order chi connectivity index (χ0) is 12.1. The molecule has 0 fully saturated rings. The van der Waals surface area contributed by atoms with Crippen LogP contribution in [0, 0.1) is 0 Å². The van der Waals surface area contributed by atoms with Crippen LogP contribution in [0.5, 0.6) is 5.75 Å². The van der Waals surface area contributed by atoms with E-state index in [0.717, 1.165) is 5.56 Å². The van der Waals surface area contributed by atoms with E-state index in [1.54, 1.807) is 30.5 Å². The highest BCUT2D eigenvalue weighted by Crippen LogP contribution is 2.16. The van der Waals surface area contributed by atoms with Crippen LogP contribution in [-0.2, 0) is 0 Å². The van der Waals surface area contributed by atoms with Gasteiger partial charge in [-0.25, -0.2) is 0 Å². The van der Waals surface area contributed by atoms with Gasteiger partial charge in [-0.15, -0.1) is 0 Å². The normalized spacial score (nSPS) is 11.2. The Labute approximate surface area is 95.9 Å². The van der Waals surface area contributed by atoms with E-state index in [-0.39, 0.29) is 5.75 Å². The predicted octanol–water partition coefficient (Wildman–Crippen LogP) is 2.58. The molecule has 0 amide bonds. The molecule has 4 nitrogen and oxygen atoms in total. The van der Waals surface area contributed by atoms with Crippen LogP contribution in [-0.4, -0.2) is 22.0 Å². The number of H-pyrrole nitrogens is 1. The van der Waals surface area contributed by atoms with Gasteiger partial charge in [0.25, 0.3) is 0 Å². The Bertz CT molecular complexity index is 480. The molecule has 0 radical (unpaired) electrons. The summed E-state index contributed by atoms with van der Waals surface area (Å²) in [6, 6.07) is 6.31. The number of aromatic nitrogens is 3. The lowest BCUT2D eigenvalue weighted by atomic mass is 10.2. The highest BCUT2D eigenvalue weighted by molar-refractivity contribution is 5.67. The van der Waals surface area contributed by atoms with Crippen LogP contribution < -0.4 is 4.74 Å². The third-order valence-corrected chi connectivity index (χ3v) is 1.99. The Morgan fingerprint density at radius 2 is 1.94 bits per heavy atom. The predicted molar refractivity (Wildman–Crippen MR) is 58.4 cm³/mol. The van der Waals surface area contributed by atoms with Crippen LogP contribution >= 0.6 is 0 Å². The monoisotopic (exact) mass is 237 g/mol. The van der Waals surface area contributed by atoms with Crippen molar-refractivity contribution in [1.82, 2.24) is 15.4 Å². The molecule has 0 bridgehead atoms. The van der Waals surface area contributed by atoms with Gasteiger partial charge in [-0.1, -0.05) is 18.2 Å². The van der Waals surface area contributed by atoms with E-state index in [9.17, 15) is 8.78 Å². The average Bonchev–Trinajstić information content (AvgIpc) is 2.80. The standard InChI is InChI=1S/C11H9F2N3O/c12-11(13)17-10-5-2-8(3-6-10)1-4-9-7-14-16-15-9/h1-7,11H,(H,14,15,16)/b4-1+. The van der Waals surface area contributed by atoms with E-state index in [1.807, 2.05) is 0 Å². The Morgan fingerprint density at radius 1 is 1.18 bits per heavy atom. The zero-order valence-corrected chi connectivity index (χ0v) is 8.68. The van der Waals surface area contributed by atoms with E-state index < -0.39 is 6.61 Å². The van der Waals surface area contributed by atoms with Crippen LogP contribution in [0.4, 0.5) is 8.78 Å². The first-order chi connectivity index (χ1) is 8.24. The first kappa shape index (κ1) is 11.3. The van der Waals surface area contributed by atoms with Gasteiger partial charge < -0.3 is 4.74 Å². The van der Waals surface area contributed by atoms with E-state index in [0.29, 0.717) is 5.69 Å². The first-order valence-corrected chi connectivity index (χ1v) is 4.83. The molecule has 0 saturated heterocycles. The zero-order valence-electron chi connectivity index (χ0n) is 8.68. The molecular formula is C11H9F2N3O. The summed E-state index contributed by atoms with van der Waals surface area (Å²) in [7, 11) is 0. The molecule has 0 unspecified atom stereocenters. The SMILES string of the molecule is FC(F)Oc1ccc(/C=C/c2cn[nH]n2)cc1. The molecule has 88 valence electrons. The van der Waals surface area contributed by atoms with Crippen molar-refractivity contribution in [2.75, 3.05) is 0 Å². The van der Waals surface area contributed by atoms with Crippen LogP contribution in [0.2, 0.25) is 0 Å². The smallest absolute Gasteiger partial charge is 0.387 e. The third-order valence-electron chi connectivity index (χ3n) is 1.99. The Hall–Kier alpha value is -2.24. The molecule has 0 spiro atoms. The van der Waals surface area contributed by atoms with Gasteiger partial charge in [0.1, 0.15) is 11.4 Å². The minimum absolute atomic E-state index is 0.138. The number of halogens is 2. The lowest BCUT2D eigenvalue weighted by Gasteiger charge is -2.03.